The largest absolute Gasteiger partial charge is 0.502 e. The smallest absolute Gasteiger partial charge is 0.325 e. The van der Waals surface area contributed by atoms with Gasteiger partial charge in [-0.05, 0) is 68.4 Å². The van der Waals surface area contributed by atoms with Crippen molar-refractivity contribution >= 4 is 44.8 Å². The van der Waals surface area contributed by atoms with E-state index in [0.717, 1.165) is 25.9 Å². The third-order valence-corrected chi connectivity index (χ3v) is 6.68. The van der Waals surface area contributed by atoms with Gasteiger partial charge in [-0.15, -0.1) is 11.3 Å². The van der Waals surface area contributed by atoms with Crippen LogP contribution < -0.4 is 20.1 Å². The van der Waals surface area contributed by atoms with Crippen molar-refractivity contribution in [3.8, 4) is 17.2 Å². The Kier molecular flexibility index (Phi) is 7.94. The lowest BCUT2D eigenvalue weighted by molar-refractivity contribution is 0.0762. The molecule has 1 aliphatic heterocycles. The number of amides is 2. The molecule has 1 aliphatic rings. The van der Waals surface area contributed by atoms with E-state index in [1.54, 1.807) is 60.2 Å². The highest BCUT2D eigenvalue weighted by Crippen LogP contribution is 2.37. The highest BCUT2D eigenvalue weighted by atomic mass is 32.1. The molecule has 1 saturated heterocycles. The number of nitrogens with zero attached hydrogens (tertiary/aromatic N) is 4. The minimum atomic E-state index is -0.638. The van der Waals surface area contributed by atoms with Gasteiger partial charge in [-0.2, -0.15) is 0 Å². The molecule has 2 aromatic carbocycles. The Balaban J connectivity index is 1.25. The molecule has 2 aromatic heterocycles. The van der Waals surface area contributed by atoms with E-state index in [2.05, 4.69) is 30.3 Å². The number of fused-ring (bicyclic) bond motifs is 1. The average Bonchev–Trinajstić information content (AvgIpc) is 3.63. The summed E-state index contributed by atoms with van der Waals surface area (Å²) in [5.74, 6) is 1.46. The van der Waals surface area contributed by atoms with E-state index in [0.29, 0.717) is 51.2 Å². The first kappa shape index (κ1) is 25.4. The van der Waals surface area contributed by atoms with Gasteiger partial charge in [-0.1, -0.05) is 0 Å². The van der Waals surface area contributed by atoms with Crippen LogP contribution in [0.25, 0.3) is 15.7 Å². The number of aliphatic hydroxyl groups is 1. The average molecular weight is 531 g/mol. The summed E-state index contributed by atoms with van der Waals surface area (Å²) >= 11 is 1.33. The van der Waals surface area contributed by atoms with E-state index in [1.807, 2.05) is 0 Å². The van der Waals surface area contributed by atoms with Gasteiger partial charge in [0.15, 0.2) is 5.13 Å². The fourth-order valence-corrected chi connectivity index (χ4v) is 4.73. The number of hydrogen-bond donors (Lipinski definition) is 3. The number of likely N-dealkylation sites (tertiary alicyclic amines) is 1. The number of urea groups is 1. The molecule has 0 aliphatic carbocycles. The molecule has 10 nitrogen and oxygen atoms in total. The van der Waals surface area contributed by atoms with Crippen LogP contribution in [-0.2, 0) is 0 Å². The third-order valence-electron chi connectivity index (χ3n) is 5.99. The molecule has 3 heterocycles. The van der Waals surface area contributed by atoms with E-state index in [4.69, 9.17) is 16.0 Å². The molecule has 5 rings (SSSR count). The number of rotatable bonds is 9. The first-order valence-corrected chi connectivity index (χ1v) is 13.0. The molecular formula is C27H26N6O4S. The van der Waals surface area contributed by atoms with Gasteiger partial charge < -0.3 is 24.8 Å². The number of pyridine rings is 1. The second-order valence-corrected chi connectivity index (χ2v) is 9.67. The first-order valence-electron chi connectivity index (χ1n) is 12.2. The lowest BCUT2D eigenvalue weighted by Crippen LogP contribution is -2.33. The monoisotopic (exact) mass is 530 g/mol. The summed E-state index contributed by atoms with van der Waals surface area (Å²) in [6, 6.07) is 11.7. The van der Waals surface area contributed by atoms with Crippen LogP contribution in [0.3, 0.4) is 0 Å². The van der Waals surface area contributed by atoms with Crippen molar-refractivity contribution in [3.63, 3.8) is 0 Å². The molecular weight excluding hydrogens is 504 g/mol. The SMILES string of the molecule is [C-]#[N+]c1cc2c(Oc3ccc(NC(=O)Nc4nccs4)cc3)ccnc2cc1OC[C@H](O)CN1CCCC1. The summed E-state index contributed by atoms with van der Waals surface area (Å²) in [4.78, 5) is 26.4. The zero-order chi connectivity index (χ0) is 26.3. The van der Waals surface area contributed by atoms with Crippen molar-refractivity contribution in [1.29, 1.82) is 0 Å². The minimum Gasteiger partial charge on any atom is -0.502 e. The molecule has 0 radical (unpaired) electrons. The van der Waals surface area contributed by atoms with Gasteiger partial charge in [0.05, 0.1) is 12.1 Å². The molecule has 0 unspecified atom stereocenters. The number of anilines is 2. The van der Waals surface area contributed by atoms with Crippen molar-refractivity contribution in [1.82, 2.24) is 14.9 Å². The summed E-state index contributed by atoms with van der Waals surface area (Å²) in [6.07, 6.45) is 4.91. The quantitative estimate of drug-likeness (QED) is 0.244. The van der Waals surface area contributed by atoms with Crippen LogP contribution in [0.15, 0.2) is 60.2 Å². The number of ether oxygens (including phenoxy) is 2. The van der Waals surface area contributed by atoms with Gasteiger partial charge in [0.25, 0.3) is 0 Å². The van der Waals surface area contributed by atoms with Crippen molar-refractivity contribution in [2.45, 2.75) is 18.9 Å². The highest BCUT2D eigenvalue weighted by molar-refractivity contribution is 7.13. The van der Waals surface area contributed by atoms with E-state index in [-0.39, 0.29) is 12.6 Å². The van der Waals surface area contributed by atoms with E-state index < -0.39 is 6.10 Å². The number of thiazole rings is 1. The number of aromatic nitrogens is 2. The van der Waals surface area contributed by atoms with Crippen molar-refractivity contribution in [3.05, 3.63) is 71.7 Å². The zero-order valence-electron chi connectivity index (χ0n) is 20.5. The lowest BCUT2D eigenvalue weighted by Gasteiger charge is -2.20. The Labute approximate surface area is 223 Å². The van der Waals surface area contributed by atoms with Gasteiger partial charge >= 0.3 is 6.03 Å². The molecule has 4 aromatic rings. The number of hydrogen-bond acceptors (Lipinski definition) is 8. The highest BCUT2D eigenvalue weighted by Gasteiger charge is 2.18. The number of carbonyl (C=O) groups excluding carboxylic acids is 1. The van der Waals surface area contributed by atoms with Crippen LogP contribution in [0.5, 0.6) is 17.2 Å². The molecule has 0 saturated carbocycles. The summed E-state index contributed by atoms with van der Waals surface area (Å²) < 4.78 is 11.9. The van der Waals surface area contributed by atoms with E-state index in [9.17, 15) is 9.90 Å². The summed E-state index contributed by atoms with van der Waals surface area (Å²) in [7, 11) is 0. The summed E-state index contributed by atoms with van der Waals surface area (Å²) in [5.41, 5.74) is 1.51. The lowest BCUT2D eigenvalue weighted by atomic mass is 10.1. The molecule has 0 bridgehead atoms. The zero-order valence-corrected chi connectivity index (χ0v) is 21.3. The van der Waals surface area contributed by atoms with Gasteiger partial charge in [-0.3, -0.25) is 10.3 Å². The van der Waals surface area contributed by atoms with Crippen LogP contribution in [0.4, 0.5) is 21.3 Å². The van der Waals surface area contributed by atoms with Crippen molar-refractivity contribution in [2.24, 2.45) is 0 Å². The molecule has 11 heteroatoms. The second kappa shape index (κ2) is 11.9. The molecule has 2 amide bonds. The predicted octanol–water partition coefficient (Wildman–Crippen LogP) is 5.51. The Morgan fingerprint density at radius 1 is 1.11 bits per heavy atom. The first-order chi connectivity index (χ1) is 18.6. The standard InChI is InChI=1S/C27H26N6O4S/c1-28-23-14-21-22(15-25(23)36-17-19(34)16-33-11-2-3-12-33)29-9-8-24(21)37-20-6-4-18(5-7-20)31-26(35)32-27-30-10-13-38-27/h4-10,13-15,19,34H,2-3,11-12,16-17H2,(H2,30,31,32,35)/t19-/m1/s1. The number of β-amino-alcohol motifs (C(OH)–C–C–N with tert-alkyl or cyclic N) is 1. The van der Waals surface area contributed by atoms with Gasteiger partial charge in [0.1, 0.15) is 30.0 Å². The van der Waals surface area contributed by atoms with Gasteiger partial charge in [0, 0.05) is 35.4 Å². The second-order valence-electron chi connectivity index (χ2n) is 8.77. The van der Waals surface area contributed by atoms with Crippen molar-refractivity contribution < 1.29 is 19.4 Å². The van der Waals surface area contributed by atoms with Crippen LogP contribution in [0.1, 0.15) is 12.8 Å². The van der Waals surface area contributed by atoms with Gasteiger partial charge in [0.2, 0.25) is 5.69 Å². The topological polar surface area (TPSA) is 113 Å². The van der Waals surface area contributed by atoms with Crippen LogP contribution in [-0.4, -0.2) is 58.4 Å². The number of carbonyl (C=O) groups is 1. The Bertz CT molecular complexity index is 1430. The Morgan fingerprint density at radius 3 is 2.66 bits per heavy atom. The van der Waals surface area contributed by atoms with E-state index in [1.165, 1.54) is 11.3 Å². The maximum atomic E-state index is 12.1. The Hall–Kier alpha value is -4.24. The number of aliphatic hydroxyl groups excluding tert-OH is 1. The van der Waals surface area contributed by atoms with Crippen LogP contribution in [0, 0.1) is 6.57 Å². The minimum absolute atomic E-state index is 0.100. The fraction of sp³-hybridized carbons (Fsp3) is 0.259. The van der Waals surface area contributed by atoms with E-state index >= 15 is 0 Å². The third kappa shape index (κ3) is 6.36. The molecule has 194 valence electrons. The fourth-order valence-electron chi connectivity index (χ4n) is 4.21. The molecule has 3 N–H and O–H groups in total. The summed E-state index contributed by atoms with van der Waals surface area (Å²) in [6.45, 7) is 10.3. The van der Waals surface area contributed by atoms with Gasteiger partial charge in [-0.25, -0.2) is 14.6 Å². The molecule has 1 fully saturated rings. The van der Waals surface area contributed by atoms with Crippen LogP contribution in [0.2, 0.25) is 0 Å². The normalized spacial score (nSPS) is 14.1. The number of nitrogens with one attached hydrogen (secondary N) is 2. The Morgan fingerprint density at radius 2 is 1.92 bits per heavy atom. The maximum Gasteiger partial charge on any atom is 0.325 e. The van der Waals surface area contributed by atoms with Crippen molar-refractivity contribution in [2.75, 3.05) is 36.9 Å². The molecule has 38 heavy (non-hydrogen) atoms. The molecule has 1 atom stereocenters. The maximum absolute atomic E-state index is 12.1. The number of benzene rings is 2. The van der Waals surface area contributed by atoms with Crippen LogP contribution >= 0.6 is 11.3 Å². The predicted molar refractivity (Wildman–Crippen MR) is 146 cm³/mol. The summed E-state index contributed by atoms with van der Waals surface area (Å²) in [5, 5.41) is 18.7. The molecule has 0 spiro atoms.